The lowest BCUT2D eigenvalue weighted by Gasteiger charge is -2.36. The van der Waals surface area contributed by atoms with E-state index >= 15 is 0 Å². The molecule has 1 saturated heterocycles. The minimum atomic E-state index is 0.367. The van der Waals surface area contributed by atoms with Crippen molar-refractivity contribution in [2.24, 2.45) is 0 Å². The second-order valence-corrected chi connectivity index (χ2v) is 5.70. The van der Waals surface area contributed by atoms with E-state index in [4.69, 9.17) is 4.42 Å². The summed E-state index contributed by atoms with van der Waals surface area (Å²) in [4.78, 5) is 15.6. The molecule has 22 heavy (non-hydrogen) atoms. The molecule has 0 aliphatic carbocycles. The first kappa shape index (κ1) is 14.9. The molecule has 0 N–H and O–H groups in total. The van der Waals surface area contributed by atoms with E-state index in [2.05, 4.69) is 41.0 Å². The molecule has 1 aliphatic rings. The molecular formula is C18H22N2O2. The summed E-state index contributed by atoms with van der Waals surface area (Å²) in [6.07, 6.45) is 1.95. The Hall–Kier alpha value is -2.07. The van der Waals surface area contributed by atoms with Gasteiger partial charge in [-0.1, -0.05) is 6.92 Å². The van der Waals surface area contributed by atoms with E-state index in [-0.39, 0.29) is 0 Å². The lowest BCUT2D eigenvalue weighted by atomic mass is 10.1. The maximum absolute atomic E-state index is 10.7. The highest BCUT2D eigenvalue weighted by Gasteiger charge is 2.16. The largest absolute Gasteiger partial charge is 0.453 e. The normalized spacial score (nSPS) is 16.0. The van der Waals surface area contributed by atoms with Crippen molar-refractivity contribution in [2.45, 2.75) is 13.3 Å². The quantitative estimate of drug-likeness (QED) is 0.794. The van der Waals surface area contributed by atoms with Crippen LogP contribution in [0.5, 0.6) is 0 Å². The van der Waals surface area contributed by atoms with E-state index < -0.39 is 0 Å². The smallest absolute Gasteiger partial charge is 0.185 e. The van der Waals surface area contributed by atoms with Gasteiger partial charge in [0.25, 0.3) is 0 Å². The molecule has 1 aromatic carbocycles. The van der Waals surface area contributed by atoms with Gasteiger partial charge in [-0.3, -0.25) is 9.69 Å². The van der Waals surface area contributed by atoms with Gasteiger partial charge in [-0.25, -0.2) is 0 Å². The van der Waals surface area contributed by atoms with Crippen molar-refractivity contribution in [3.63, 3.8) is 0 Å². The number of hydrogen-bond donors (Lipinski definition) is 0. The van der Waals surface area contributed by atoms with Gasteiger partial charge in [0.1, 0.15) is 5.76 Å². The number of nitrogens with zero attached hydrogens (tertiary/aromatic N) is 2. The average molecular weight is 298 g/mol. The van der Waals surface area contributed by atoms with Gasteiger partial charge in [-0.05, 0) is 49.4 Å². The minimum Gasteiger partial charge on any atom is -0.453 e. The molecule has 0 atom stereocenters. The van der Waals surface area contributed by atoms with Crippen LogP contribution in [0.2, 0.25) is 0 Å². The van der Waals surface area contributed by atoms with Crippen LogP contribution in [-0.2, 0) is 0 Å². The third-order valence-electron chi connectivity index (χ3n) is 4.17. The van der Waals surface area contributed by atoms with Crippen LogP contribution in [0.4, 0.5) is 5.69 Å². The molecule has 0 unspecified atom stereocenters. The molecule has 1 aromatic heterocycles. The Kier molecular flexibility index (Phi) is 4.59. The van der Waals surface area contributed by atoms with Crippen LogP contribution in [0.1, 0.15) is 23.9 Å². The van der Waals surface area contributed by atoms with Gasteiger partial charge in [0.05, 0.1) is 0 Å². The highest BCUT2D eigenvalue weighted by atomic mass is 16.3. The maximum Gasteiger partial charge on any atom is 0.185 e. The number of rotatable bonds is 5. The van der Waals surface area contributed by atoms with Crippen LogP contribution in [-0.4, -0.2) is 43.9 Å². The molecule has 0 bridgehead atoms. The van der Waals surface area contributed by atoms with Gasteiger partial charge in [-0.15, -0.1) is 0 Å². The zero-order chi connectivity index (χ0) is 15.4. The lowest BCUT2D eigenvalue weighted by molar-refractivity contribution is 0.110. The molecule has 0 spiro atoms. The van der Waals surface area contributed by atoms with E-state index in [0.717, 1.165) is 43.8 Å². The van der Waals surface area contributed by atoms with Gasteiger partial charge >= 0.3 is 0 Å². The van der Waals surface area contributed by atoms with Crippen LogP contribution < -0.4 is 4.90 Å². The molecule has 116 valence electrons. The topological polar surface area (TPSA) is 36.7 Å². The fourth-order valence-corrected chi connectivity index (χ4v) is 2.95. The molecule has 4 heteroatoms. The van der Waals surface area contributed by atoms with Crippen molar-refractivity contribution in [1.29, 1.82) is 0 Å². The molecule has 2 heterocycles. The molecule has 1 aliphatic heterocycles. The third kappa shape index (κ3) is 3.22. The predicted molar refractivity (Wildman–Crippen MR) is 88.5 cm³/mol. The summed E-state index contributed by atoms with van der Waals surface area (Å²) in [5.41, 5.74) is 2.25. The summed E-state index contributed by atoms with van der Waals surface area (Å²) >= 11 is 0. The zero-order valence-corrected chi connectivity index (χ0v) is 13.0. The van der Waals surface area contributed by atoms with Crippen molar-refractivity contribution >= 4 is 12.0 Å². The van der Waals surface area contributed by atoms with Gasteiger partial charge in [0.15, 0.2) is 12.0 Å². The number of piperazine rings is 1. The van der Waals surface area contributed by atoms with E-state index in [1.165, 1.54) is 18.7 Å². The van der Waals surface area contributed by atoms with E-state index in [1.54, 1.807) is 6.07 Å². The molecule has 3 rings (SSSR count). The van der Waals surface area contributed by atoms with Crippen LogP contribution >= 0.6 is 0 Å². The second-order valence-electron chi connectivity index (χ2n) is 5.70. The van der Waals surface area contributed by atoms with E-state index in [0.29, 0.717) is 5.76 Å². The standard InChI is InChI=1S/C18H22N2O2/c1-2-9-19-10-12-20(13-11-19)16-5-3-15(4-6-16)18-8-7-17(14-21)22-18/h3-8,14H,2,9-13H2,1H3. The number of hydrogen-bond acceptors (Lipinski definition) is 4. The third-order valence-corrected chi connectivity index (χ3v) is 4.17. The van der Waals surface area contributed by atoms with Crippen molar-refractivity contribution in [3.05, 3.63) is 42.2 Å². The summed E-state index contributed by atoms with van der Waals surface area (Å²) in [7, 11) is 0. The summed E-state index contributed by atoms with van der Waals surface area (Å²) in [5, 5.41) is 0. The number of carbonyl (C=O) groups excluding carboxylic acids is 1. The van der Waals surface area contributed by atoms with E-state index in [9.17, 15) is 4.79 Å². The Morgan fingerprint density at radius 1 is 1.05 bits per heavy atom. The maximum atomic E-state index is 10.7. The number of anilines is 1. The predicted octanol–water partition coefficient (Wildman–Crippen LogP) is 3.29. The van der Waals surface area contributed by atoms with Gasteiger partial charge in [-0.2, -0.15) is 0 Å². The number of benzene rings is 1. The Morgan fingerprint density at radius 2 is 1.77 bits per heavy atom. The molecular weight excluding hydrogens is 276 g/mol. The monoisotopic (exact) mass is 298 g/mol. The Morgan fingerprint density at radius 3 is 2.36 bits per heavy atom. The Labute approximate surface area is 131 Å². The minimum absolute atomic E-state index is 0.367. The first-order valence-corrected chi connectivity index (χ1v) is 7.93. The molecule has 0 radical (unpaired) electrons. The first-order chi connectivity index (χ1) is 10.8. The summed E-state index contributed by atoms with van der Waals surface area (Å²) in [6.45, 7) is 7.86. The SMILES string of the molecule is CCCN1CCN(c2ccc(-c3ccc(C=O)o3)cc2)CC1. The van der Waals surface area contributed by atoms with Crippen LogP contribution in [0.25, 0.3) is 11.3 Å². The molecule has 0 amide bonds. The first-order valence-electron chi connectivity index (χ1n) is 7.93. The van der Waals surface area contributed by atoms with Crippen molar-refractivity contribution < 1.29 is 9.21 Å². The van der Waals surface area contributed by atoms with Crippen LogP contribution in [0.3, 0.4) is 0 Å². The van der Waals surface area contributed by atoms with Gasteiger partial charge in [0, 0.05) is 37.4 Å². The van der Waals surface area contributed by atoms with E-state index in [1.807, 2.05) is 6.07 Å². The number of furan rings is 1. The van der Waals surface area contributed by atoms with Crippen molar-refractivity contribution in [2.75, 3.05) is 37.6 Å². The summed E-state index contributed by atoms with van der Waals surface area (Å²) in [6, 6.07) is 11.9. The Bertz CT molecular complexity index is 610. The Balaban J connectivity index is 1.66. The molecule has 0 saturated carbocycles. The summed E-state index contributed by atoms with van der Waals surface area (Å²) < 4.78 is 5.46. The zero-order valence-electron chi connectivity index (χ0n) is 13.0. The average Bonchev–Trinajstić information content (AvgIpc) is 3.05. The number of aldehydes is 1. The molecule has 2 aromatic rings. The van der Waals surface area contributed by atoms with Crippen molar-refractivity contribution in [3.8, 4) is 11.3 Å². The highest BCUT2D eigenvalue weighted by molar-refractivity contribution is 5.73. The van der Waals surface area contributed by atoms with Gasteiger partial charge < -0.3 is 9.32 Å². The number of carbonyl (C=O) groups is 1. The molecule has 4 nitrogen and oxygen atoms in total. The fourth-order valence-electron chi connectivity index (χ4n) is 2.95. The molecule has 1 fully saturated rings. The van der Waals surface area contributed by atoms with Gasteiger partial charge in [0.2, 0.25) is 0 Å². The van der Waals surface area contributed by atoms with Crippen molar-refractivity contribution in [1.82, 2.24) is 4.90 Å². The fraction of sp³-hybridized carbons (Fsp3) is 0.389. The van der Waals surface area contributed by atoms with Crippen LogP contribution in [0.15, 0.2) is 40.8 Å². The highest BCUT2D eigenvalue weighted by Crippen LogP contribution is 2.25. The second kappa shape index (κ2) is 6.79. The summed E-state index contributed by atoms with van der Waals surface area (Å²) in [5.74, 6) is 1.10. The van der Waals surface area contributed by atoms with Crippen LogP contribution in [0, 0.1) is 0 Å². The lowest BCUT2D eigenvalue weighted by Crippen LogP contribution is -2.46.